The fourth-order valence-corrected chi connectivity index (χ4v) is 2.40. The number of rotatable bonds is 5. The highest BCUT2D eigenvalue weighted by molar-refractivity contribution is 5.73. The van der Waals surface area contributed by atoms with E-state index in [0.29, 0.717) is 25.0 Å². The van der Waals surface area contributed by atoms with Gasteiger partial charge >= 0.3 is 5.97 Å². The molecule has 116 valence electrons. The van der Waals surface area contributed by atoms with E-state index in [-0.39, 0.29) is 18.0 Å². The Bertz CT molecular complexity index is 479. The highest BCUT2D eigenvalue weighted by Crippen LogP contribution is 2.22. The molecule has 0 spiro atoms. The topological polar surface area (TPSA) is 64.5 Å². The van der Waals surface area contributed by atoms with Crippen LogP contribution in [-0.4, -0.2) is 41.7 Å². The molecule has 1 aromatic heterocycles. The Morgan fingerprint density at radius 2 is 2.33 bits per heavy atom. The third-order valence-electron chi connectivity index (χ3n) is 3.30. The van der Waals surface area contributed by atoms with Gasteiger partial charge in [0, 0.05) is 25.4 Å². The summed E-state index contributed by atoms with van der Waals surface area (Å²) in [6, 6.07) is 1.75. The number of ether oxygens (including phenoxy) is 2. The molecule has 2 rings (SSSR count). The number of piperidine rings is 1. The normalized spacial score (nSPS) is 18.7. The highest BCUT2D eigenvalue weighted by atomic mass is 16.5. The molecule has 0 aliphatic carbocycles. The number of carbonyl (C=O) groups is 1. The van der Waals surface area contributed by atoms with Crippen molar-refractivity contribution in [2.45, 2.75) is 39.7 Å². The minimum absolute atomic E-state index is 0.0707. The number of aromatic nitrogens is 2. The average Bonchev–Trinajstić information content (AvgIpc) is 2.47. The second-order valence-corrected chi connectivity index (χ2v) is 5.40. The summed E-state index contributed by atoms with van der Waals surface area (Å²) in [7, 11) is 0. The summed E-state index contributed by atoms with van der Waals surface area (Å²) in [5.41, 5.74) is 0. The summed E-state index contributed by atoms with van der Waals surface area (Å²) in [5, 5.41) is 0. The number of nitrogens with zero attached hydrogens (tertiary/aromatic N) is 3. The second-order valence-electron chi connectivity index (χ2n) is 5.40. The van der Waals surface area contributed by atoms with Crippen LogP contribution in [0.3, 0.4) is 0 Å². The second kappa shape index (κ2) is 7.24. The van der Waals surface area contributed by atoms with Gasteiger partial charge in [-0.05, 0) is 33.6 Å². The van der Waals surface area contributed by atoms with Gasteiger partial charge in [-0.15, -0.1) is 0 Å². The van der Waals surface area contributed by atoms with E-state index in [9.17, 15) is 4.79 Å². The van der Waals surface area contributed by atoms with E-state index in [1.807, 2.05) is 25.7 Å². The Balaban J connectivity index is 2.05. The van der Waals surface area contributed by atoms with Crippen molar-refractivity contribution in [2.24, 2.45) is 5.92 Å². The predicted octanol–water partition coefficient (Wildman–Crippen LogP) is 2.04. The fourth-order valence-electron chi connectivity index (χ4n) is 2.40. The molecule has 0 N–H and O–H groups in total. The van der Waals surface area contributed by atoms with Crippen LogP contribution in [0.4, 0.5) is 5.95 Å². The monoisotopic (exact) mass is 293 g/mol. The van der Waals surface area contributed by atoms with E-state index < -0.39 is 0 Å². The summed E-state index contributed by atoms with van der Waals surface area (Å²) >= 11 is 0. The zero-order chi connectivity index (χ0) is 15.2. The van der Waals surface area contributed by atoms with Crippen LogP contribution in [0, 0.1) is 5.92 Å². The Morgan fingerprint density at radius 1 is 1.52 bits per heavy atom. The molecule has 0 amide bonds. The molecule has 1 aliphatic heterocycles. The number of carbonyl (C=O) groups excluding carboxylic acids is 1. The van der Waals surface area contributed by atoms with E-state index in [4.69, 9.17) is 9.47 Å². The first-order chi connectivity index (χ1) is 10.1. The molecule has 1 aromatic rings. The Labute approximate surface area is 125 Å². The van der Waals surface area contributed by atoms with Gasteiger partial charge in [0.25, 0.3) is 0 Å². The summed E-state index contributed by atoms with van der Waals surface area (Å²) in [4.78, 5) is 22.6. The molecule has 2 heterocycles. The lowest BCUT2D eigenvalue weighted by Crippen LogP contribution is -2.40. The molecule has 0 aromatic carbocycles. The van der Waals surface area contributed by atoms with Crippen molar-refractivity contribution < 1.29 is 14.3 Å². The van der Waals surface area contributed by atoms with Gasteiger partial charge in [-0.3, -0.25) is 4.79 Å². The van der Waals surface area contributed by atoms with Gasteiger partial charge in [0.05, 0.1) is 18.6 Å². The molecule has 21 heavy (non-hydrogen) atoms. The quantitative estimate of drug-likeness (QED) is 0.774. The Kier molecular flexibility index (Phi) is 5.36. The largest absolute Gasteiger partial charge is 0.475 e. The molecule has 1 atom stereocenters. The first-order valence-corrected chi connectivity index (χ1v) is 7.51. The van der Waals surface area contributed by atoms with E-state index >= 15 is 0 Å². The van der Waals surface area contributed by atoms with Crippen LogP contribution in [0.25, 0.3) is 0 Å². The standard InChI is InChI=1S/C15H23N3O3/c1-4-20-14(19)12-6-5-9-18(10-12)15-16-8-7-13(17-15)21-11(2)3/h7-8,11-12H,4-6,9-10H2,1-3H3. The maximum absolute atomic E-state index is 11.9. The lowest BCUT2D eigenvalue weighted by molar-refractivity contribution is -0.148. The van der Waals surface area contributed by atoms with E-state index in [2.05, 4.69) is 9.97 Å². The lowest BCUT2D eigenvalue weighted by atomic mass is 9.98. The first kappa shape index (κ1) is 15.5. The molecule has 1 aliphatic rings. The zero-order valence-electron chi connectivity index (χ0n) is 12.9. The molecule has 0 bridgehead atoms. The first-order valence-electron chi connectivity index (χ1n) is 7.51. The number of hydrogen-bond donors (Lipinski definition) is 0. The maximum atomic E-state index is 11.9. The minimum atomic E-state index is -0.128. The highest BCUT2D eigenvalue weighted by Gasteiger charge is 2.28. The van der Waals surface area contributed by atoms with E-state index in [1.165, 1.54) is 0 Å². The third kappa shape index (κ3) is 4.31. The molecule has 6 nitrogen and oxygen atoms in total. The molecule has 1 fully saturated rings. The van der Waals surface area contributed by atoms with Crippen LogP contribution in [-0.2, 0) is 9.53 Å². The van der Waals surface area contributed by atoms with Crippen LogP contribution >= 0.6 is 0 Å². The van der Waals surface area contributed by atoms with E-state index in [1.54, 1.807) is 12.3 Å². The predicted molar refractivity (Wildman–Crippen MR) is 79.4 cm³/mol. The summed E-state index contributed by atoms with van der Waals surface area (Å²) in [5.74, 6) is 0.948. The van der Waals surface area contributed by atoms with Crippen molar-refractivity contribution >= 4 is 11.9 Å². The van der Waals surface area contributed by atoms with Gasteiger partial charge < -0.3 is 14.4 Å². The Morgan fingerprint density at radius 3 is 3.05 bits per heavy atom. The van der Waals surface area contributed by atoms with Gasteiger partial charge in [-0.1, -0.05) is 0 Å². The van der Waals surface area contributed by atoms with Crippen molar-refractivity contribution in [2.75, 3.05) is 24.6 Å². The van der Waals surface area contributed by atoms with Crippen molar-refractivity contribution in [3.05, 3.63) is 12.3 Å². The van der Waals surface area contributed by atoms with Crippen molar-refractivity contribution in [3.8, 4) is 5.88 Å². The van der Waals surface area contributed by atoms with Gasteiger partial charge in [0.15, 0.2) is 0 Å². The van der Waals surface area contributed by atoms with Crippen LogP contribution < -0.4 is 9.64 Å². The molecular formula is C15H23N3O3. The molecule has 1 saturated heterocycles. The van der Waals surface area contributed by atoms with Gasteiger partial charge in [0.1, 0.15) is 0 Å². The average molecular weight is 293 g/mol. The third-order valence-corrected chi connectivity index (χ3v) is 3.30. The van der Waals surface area contributed by atoms with E-state index in [0.717, 1.165) is 19.4 Å². The minimum Gasteiger partial charge on any atom is -0.475 e. The molecular weight excluding hydrogens is 270 g/mol. The van der Waals surface area contributed by atoms with Gasteiger partial charge in [0.2, 0.25) is 11.8 Å². The van der Waals surface area contributed by atoms with Crippen molar-refractivity contribution in [1.29, 1.82) is 0 Å². The van der Waals surface area contributed by atoms with Crippen LogP contribution in [0.1, 0.15) is 33.6 Å². The Hall–Kier alpha value is -1.85. The smallest absolute Gasteiger partial charge is 0.310 e. The maximum Gasteiger partial charge on any atom is 0.310 e. The van der Waals surface area contributed by atoms with Gasteiger partial charge in [-0.2, -0.15) is 4.98 Å². The van der Waals surface area contributed by atoms with Crippen LogP contribution in [0.2, 0.25) is 0 Å². The number of esters is 1. The molecule has 6 heteroatoms. The number of anilines is 1. The molecule has 1 unspecified atom stereocenters. The fraction of sp³-hybridized carbons (Fsp3) is 0.667. The van der Waals surface area contributed by atoms with Gasteiger partial charge in [-0.25, -0.2) is 4.98 Å². The lowest BCUT2D eigenvalue weighted by Gasteiger charge is -2.31. The summed E-state index contributed by atoms with van der Waals surface area (Å²) < 4.78 is 10.7. The van der Waals surface area contributed by atoms with Crippen molar-refractivity contribution in [3.63, 3.8) is 0 Å². The van der Waals surface area contributed by atoms with Crippen molar-refractivity contribution in [1.82, 2.24) is 9.97 Å². The van der Waals surface area contributed by atoms with Crippen LogP contribution in [0.5, 0.6) is 5.88 Å². The number of hydrogen-bond acceptors (Lipinski definition) is 6. The SMILES string of the molecule is CCOC(=O)C1CCCN(c2nccc(OC(C)C)n2)C1. The summed E-state index contributed by atoms with van der Waals surface area (Å²) in [6.07, 6.45) is 3.55. The molecule has 0 radical (unpaired) electrons. The summed E-state index contributed by atoms with van der Waals surface area (Å²) in [6.45, 7) is 7.61. The van der Waals surface area contributed by atoms with Crippen LogP contribution in [0.15, 0.2) is 12.3 Å². The molecule has 0 saturated carbocycles. The zero-order valence-corrected chi connectivity index (χ0v) is 12.9.